The lowest BCUT2D eigenvalue weighted by Crippen LogP contribution is -2.09. The van der Waals surface area contributed by atoms with Crippen molar-refractivity contribution in [3.8, 4) is 16.9 Å². The summed E-state index contributed by atoms with van der Waals surface area (Å²) >= 11 is 12.3. The van der Waals surface area contributed by atoms with E-state index in [1.165, 1.54) is 4.68 Å². The molecule has 0 atom stereocenters. The summed E-state index contributed by atoms with van der Waals surface area (Å²) in [7, 11) is 0. The van der Waals surface area contributed by atoms with Gasteiger partial charge in [0.2, 0.25) is 0 Å². The van der Waals surface area contributed by atoms with Gasteiger partial charge in [0.25, 0.3) is 0 Å². The van der Waals surface area contributed by atoms with E-state index < -0.39 is 23.5 Å². The second kappa shape index (κ2) is 7.09. The zero-order valence-corrected chi connectivity index (χ0v) is 16.3. The first-order valence-electron chi connectivity index (χ1n) is 8.57. The number of alkyl halides is 6. The van der Waals surface area contributed by atoms with Crippen LogP contribution in [0.5, 0.6) is 0 Å². The molecule has 0 bridgehead atoms. The molecule has 0 amide bonds. The van der Waals surface area contributed by atoms with Crippen molar-refractivity contribution >= 4 is 29.0 Å². The van der Waals surface area contributed by atoms with Gasteiger partial charge in [-0.25, -0.2) is 4.68 Å². The molecule has 2 aromatic carbocycles. The van der Waals surface area contributed by atoms with Crippen molar-refractivity contribution in [2.45, 2.75) is 18.8 Å². The fourth-order valence-corrected chi connectivity index (χ4v) is 3.70. The fraction of sp³-hybridized carbons (Fsp3) is 0.211. The van der Waals surface area contributed by atoms with Crippen LogP contribution in [0.4, 0.5) is 32.2 Å². The number of anilines is 1. The molecule has 3 nitrogen and oxygen atoms in total. The van der Waals surface area contributed by atoms with E-state index in [2.05, 4.69) is 10.4 Å². The highest BCUT2D eigenvalue weighted by atomic mass is 35.5. The Bertz CT molecular complexity index is 1050. The first-order valence-corrected chi connectivity index (χ1v) is 9.32. The Labute approximate surface area is 176 Å². The summed E-state index contributed by atoms with van der Waals surface area (Å²) in [6.07, 6.45) is -8.78. The number of hydrogen-bond donors (Lipinski definition) is 1. The van der Waals surface area contributed by atoms with Crippen molar-refractivity contribution in [1.29, 1.82) is 0 Å². The Morgan fingerprint density at radius 3 is 2.10 bits per heavy atom. The summed E-state index contributed by atoms with van der Waals surface area (Å²) in [6.45, 7) is 0.438. The standard InChI is InChI=1S/C19H11Cl2F6N3/c20-13-3-1-9(18(22,23)24)7-12(13)16-11-5-6-28-17(11)30(29-16)15-8-10(19(25,26)27)2-4-14(15)21/h1-4,7-8,28H,5-6H2. The molecule has 0 saturated carbocycles. The topological polar surface area (TPSA) is 29.9 Å². The van der Waals surface area contributed by atoms with Gasteiger partial charge in [-0.05, 0) is 42.8 Å². The summed E-state index contributed by atoms with van der Waals surface area (Å²) in [4.78, 5) is 0. The smallest absolute Gasteiger partial charge is 0.369 e. The Kier molecular flexibility index (Phi) is 4.93. The number of nitrogens with zero attached hydrogens (tertiary/aromatic N) is 2. The van der Waals surface area contributed by atoms with E-state index in [9.17, 15) is 26.3 Å². The molecule has 11 heteroatoms. The van der Waals surface area contributed by atoms with Crippen LogP contribution in [0.3, 0.4) is 0 Å². The van der Waals surface area contributed by atoms with E-state index >= 15 is 0 Å². The van der Waals surface area contributed by atoms with Gasteiger partial charge in [-0.2, -0.15) is 31.4 Å². The monoisotopic (exact) mass is 465 g/mol. The number of nitrogens with one attached hydrogen (secondary N) is 1. The van der Waals surface area contributed by atoms with Crippen molar-refractivity contribution in [2.75, 3.05) is 11.9 Å². The van der Waals surface area contributed by atoms with Crippen LogP contribution in [-0.4, -0.2) is 16.3 Å². The average molecular weight is 466 g/mol. The van der Waals surface area contributed by atoms with E-state index in [4.69, 9.17) is 23.2 Å². The van der Waals surface area contributed by atoms with Crippen LogP contribution in [0.15, 0.2) is 36.4 Å². The van der Waals surface area contributed by atoms with E-state index in [0.717, 1.165) is 36.4 Å². The number of benzene rings is 2. The van der Waals surface area contributed by atoms with Crippen LogP contribution in [0.1, 0.15) is 16.7 Å². The van der Waals surface area contributed by atoms with Gasteiger partial charge < -0.3 is 5.32 Å². The minimum Gasteiger partial charge on any atom is -0.369 e. The number of rotatable bonds is 2. The Morgan fingerprint density at radius 2 is 1.47 bits per heavy atom. The molecule has 158 valence electrons. The summed E-state index contributed by atoms with van der Waals surface area (Å²) in [6, 6.07) is 5.62. The number of halogens is 8. The molecular formula is C19H11Cl2F6N3. The summed E-state index contributed by atoms with van der Waals surface area (Å²) in [5, 5.41) is 7.34. The molecule has 1 N–H and O–H groups in total. The van der Waals surface area contributed by atoms with Crippen molar-refractivity contribution in [3.63, 3.8) is 0 Å². The largest absolute Gasteiger partial charge is 0.416 e. The summed E-state index contributed by atoms with van der Waals surface area (Å²) in [5.41, 5.74) is -1.15. The highest BCUT2D eigenvalue weighted by molar-refractivity contribution is 6.33. The molecule has 0 saturated heterocycles. The molecule has 0 aliphatic carbocycles. The predicted molar refractivity (Wildman–Crippen MR) is 101 cm³/mol. The highest BCUT2D eigenvalue weighted by Gasteiger charge is 2.34. The SMILES string of the molecule is FC(F)(F)c1ccc(Cl)c(-c2nn(-c3cc(C(F)(F)F)ccc3Cl)c3c2CCN3)c1. The molecule has 1 aliphatic heterocycles. The maximum Gasteiger partial charge on any atom is 0.416 e. The van der Waals surface area contributed by atoms with Crippen LogP contribution < -0.4 is 5.32 Å². The van der Waals surface area contributed by atoms with E-state index in [1.807, 2.05) is 0 Å². The first-order chi connectivity index (χ1) is 14.0. The minimum absolute atomic E-state index is 0.00342. The molecule has 0 spiro atoms. The zero-order valence-electron chi connectivity index (χ0n) is 14.8. The Balaban J connectivity index is 1.92. The van der Waals surface area contributed by atoms with Crippen LogP contribution in [-0.2, 0) is 18.8 Å². The molecule has 0 radical (unpaired) electrons. The maximum absolute atomic E-state index is 13.2. The molecular weight excluding hydrogens is 455 g/mol. The van der Waals surface area contributed by atoms with Crippen molar-refractivity contribution in [1.82, 2.24) is 9.78 Å². The Morgan fingerprint density at radius 1 is 0.867 bits per heavy atom. The van der Waals surface area contributed by atoms with E-state index in [1.54, 1.807) is 0 Å². The third-order valence-corrected chi connectivity index (χ3v) is 5.35. The molecule has 30 heavy (non-hydrogen) atoms. The lowest BCUT2D eigenvalue weighted by molar-refractivity contribution is -0.138. The predicted octanol–water partition coefficient (Wildman–Crippen LogP) is 6.85. The van der Waals surface area contributed by atoms with Gasteiger partial charge in [0.05, 0.1) is 32.6 Å². The molecule has 0 fully saturated rings. The lowest BCUT2D eigenvalue weighted by atomic mass is 10.0. The number of aromatic nitrogens is 2. The van der Waals surface area contributed by atoms with Gasteiger partial charge in [0.15, 0.2) is 0 Å². The average Bonchev–Trinajstić information content (AvgIpc) is 3.23. The molecule has 1 aliphatic rings. The van der Waals surface area contributed by atoms with Gasteiger partial charge in [-0.1, -0.05) is 23.2 Å². The third-order valence-electron chi connectivity index (χ3n) is 4.70. The fourth-order valence-electron chi connectivity index (χ4n) is 3.30. The number of fused-ring (bicyclic) bond motifs is 1. The second-order valence-electron chi connectivity index (χ2n) is 6.62. The number of hydrogen-bond acceptors (Lipinski definition) is 2. The van der Waals surface area contributed by atoms with Crippen LogP contribution in [0.25, 0.3) is 16.9 Å². The highest BCUT2D eigenvalue weighted by Crippen LogP contribution is 2.42. The molecule has 4 rings (SSSR count). The van der Waals surface area contributed by atoms with Gasteiger partial charge in [-0.3, -0.25) is 0 Å². The van der Waals surface area contributed by atoms with Crippen molar-refractivity contribution in [3.05, 3.63) is 63.1 Å². The normalized spacial score (nSPS) is 14.0. The van der Waals surface area contributed by atoms with Crippen LogP contribution in [0, 0.1) is 0 Å². The Hall–Kier alpha value is -2.39. The molecule has 3 aromatic rings. The van der Waals surface area contributed by atoms with E-state index in [0.29, 0.717) is 24.3 Å². The first kappa shape index (κ1) is 20.9. The molecule has 0 unspecified atom stereocenters. The third kappa shape index (κ3) is 3.60. The molecule has 2 heterocycles. The van der Waals surface area contributed by atoms with Crippen LogP contribution in [0.2, 0.25) is 10.0 Å². The van der Waals surface area contributed by atoms with Crippen molar-refractivity contribution < 1.29 is 26.3 Å². The quantitative estimate of drug-likeness (QED) is 0.419. The van der Waals surface area contributed by atoms with Gasteiger partial charge in [-0.15, -0.1) is 0 Å². The minimum atomic E-state index is -4.60. The zero-order chi connectivity index (χ0) is 21.8. The summed E-state index contributed by atoms with van der Waals surface area (Å²) < 4.78 is 80.1. The van der Waals surface area contributed by atoms with Gasteiger partial charge in [0.1, 0.15) is 5.82 Å². The van der Waals surface area contributed by atoms with Crippen LogP contribution >= 0.6 is 23.2 Å². The summed E-state index contributed by atoms with van der Waals surface area (Å²) in [5.74, 6) is 0.361. The van der Waals surface area contributed by atoms with Crippen molar-refractivity contribution in [2.24, 2.45) is 0 Å². The lowest BCUT2D eigenvalue weighted by Gasteiger charge is -2.12. The second-order valence-corrected chi connectivity index (χ2v) is 7.44. The van der Waals surface area contributed by atoms with Gasteiger partial charge >= 0.3 is 12.4 Å². The molecule has 1 aromatic heterocycles. The van der Waals surface area contributed by atoms with Gasteiger partial charge in [0, 0.05) is 17.7 Å². The maximum atomic E-state index is 13.2. The van der Waals surface area contributed by atoms with E-state index in [-0.39, 0.29) is 27.0 Å².